The molecule has 0 rings (SSSR count). The summed E-state index contributed by atoms with van der Waals surface area (Å²) < 4.78 is 0. The highest BCUT2D eigenvalue weighted by molar-refractivity contribution is 5.85. The van der Waals surface area contributed by atoms with E-state index in [-0.39, 0.29) is 23.7 Å². The Morgan fingerprint density at radius 3 is 2.06 bits per heavy atom. The summed E-state index contributed by atoms with van der Waals surface area (Å²) in [5.41, 5.74) is 0. The zero-order valence-electron chi connectivity index (χ0n) is 12.2. The average molecular weight is 257 g/mol. The molecule has 2 N–H and O–H groups in total. The largest absolute Gasteiger partial charge is 0.480 e. The second-order valence-corrected chi connectivity index (χ2v) is 5.67. The number of aliphatic carboxylic acids is 1. The molecule has 0 aromatic heterocycles. The Labute approximate surface area is 110 Å². The number of rotatable bonds is 8. The van der Waals surface area contributed by atoms with Crippen LogP contribution >= 0.6 is 0 Å². The molecule has 0 radical (unpaired) electrons. The van der Waals surface area contributed by atoms with Gasteiger partial charge < -0.3 is 10.4 Å². The van der Waals surface area contributed by atoms with Crippen molar-refractivity contribution < 1.29 is 14.7 Å². The molecular formula is C14H27NO3. The normalized spacial score (nSPS) is 14.6. The van der Waals surface area contributed by atoms with Gasteiger partial charge in [-0.1, -0.05) is 41.0 Å². The maximum Gasteiger partial charge on any atom is 0.326 e. The molecule has 18 heavy (non-hydrogen) atoms. The van der Waals surface area contributed by atoms with Crippen LogP contribution in [0.2, 0.25) is 0 Å². The van der Waals surface area contributed by atoms with Crippen LogP contribution in [0.5, 0.6) is 0 Å². The number of amides is 1. The van der Waals surface area contributed by atoms with Crippen molar-refractivity contribution in [3.8, 4) is 0 Å². The van der Waals surface area contributed by atoms with Gasteiger partial charge in [-0.2, -0.15) is 0 Å². The zero-order valence-corrected chi connectivity index (χ0v) is 12.2. The molecule has 106 valence electrons. The molecule has 0 heterocycles. The minimum atomic E-state index is -0.948. The Balaban J connectivity index is 4.60. The van der Waals surface area contributed by atoms with Crippen LogP contribution in [-0.2, 0) is 9.59 Å². The zero-order chi connectivity index (χ0) is 14.3. The van der Waals surface area contributed by atoms with Gasteiger partial charge in [-0.25, -0.2) is 4.79 Å². The first kappa shape index (κ1) is 16.9. The number of nitrogens with one attached hydrogen (secondary N) is 1. The summed E-state index contributed by atoms with van der Waals surface area (Å²) in [7, 11) is 0. The number of hydrogen-bond acceptors (Lipinski definition) is 2. The molecule has 2 atom stereocenters. The first-order chi connectivity index (χ1) is 8.29. The predicted molar refractivity (Wildman–Crippen MR) is 72.3 cm³/mol. The smallest absolute Gasteiger partial charge is 0.326 e. The lowest BCUT2D eigenvalue weighted by molar-refractivity contribution is -0.143. The Bertz CT molecular complexity index is 274. The minimum Gasteiger partial charge on any atom is -0.480 e. The van der Waals surface area contributed by atoms with Crippen molar-refractivity contribution >= 4 is 11.9 Å². The Morgan fingerprint density at radius 2 is 1.72 bits per heavy atom. The van der Waals surface area contributed by atoms with E-state index in [0.717, 1.165) is 12.8 Å². The van der Waals surface area contributed by atoms with Gasteiger partial charge >= 0.3 is 5.97 Å². The van der Waals surface area contributed by atoms with E-state index in [2.05, 4.69) is 5.32 Å². The molecule has 4 nitrogen and oxygen atoms in total. The van der Waals surface area contributed by atoms with Crippen molar-refractivity contribution in [1.82, 2.24) is 5.32 Å². The minimum absolute atomic E-state index is 0.0935. The summed E-state index contributed by atoms with van der Waals surface area (Å²) in [6, 6.07) is -0.768. The fraction of sp³-hybridized carbons (Fsp3) is 0.857. The molecule has 4 heteroatoms. The SMILES string of the molecule is CCCC(C(=O)N[C@H](CC(C)C)C(=O)O)C(C)C. The van der Waals surface area contributed by atoms with Crippen molar-refractivity contribution in [2.75, 3.05) is 0 Å². The summed E-state index contributed by atoms with van der Waals surface area (Å²) in [5.74, 6) is -0.687. The third-order valence-corrected chi connectivity index (χ3v) is 3.06. The summed E-state index contributed by atoms with van der Waals surface area (Å²) in [5, 5.41) is 11.8. The molecule has 0 spiro atoms. The molecule has 0 aromatic carbocycles. The van der Waals surface area contributed by atoms with Gasteiger partial charge in [0.15, 0.2) is 0 Å². The van der Waals surface area contributed by atoms with Crippen LogP contribution in [0.15, 0.2) is 0 Å². The highest BCUT2D eigenvalue weighted by atomic mass is 16.4. The molecule has 0 aliphatic heterocycles. The van der Waals surface area contributed by atoms with Crippen molar-refractivity contribution in [3.63, 3.8) is 0 Å². The Morgan fingerprint density at radius 1 is 1.17 bits per heavy atom. The molecule has 0 aromatic rings. The summed E-state index contributed by atoms with van der Waals surface area (Å²) in [6.45, 7) is 9.93. The van der Waals surface area contributed by atoms with Crippen LogP contribution in [0.25, 0.3) is 0 Å². The summed E-state index contributed by atoms with van der Waals surface area (Å²) >= 11 is 0. The fourth-order valence-electron chi connectivity index (χ4n) is 2.05. The maximum absolute atomic E-state index is 12.1. The first-order valence-corrected chi connectivity index (χ1v) is 6.82. The third kappa shape index (κ3) is 6.03. The van der Waals surface area contributed by atoms with Gasteiger partial charge in [0.1, 0.15) is 6.04 Å². The number of carboxylic acids is 1. The molecule has 0 aliphatic carbocycles. The van der Waals surface area contributed by atoms with Crippen molar-refractivity contribution in [2.45, 2.75) is 59.9 Å². The molecule has 0 fully saturated rings. The third-order valence-electron chi connectivity index (χ3n) is 3.06. The number of carboxylic acid groups (broad SMARTS) is 1. The van der Waals surface area contributed by atoms with E-state index in [0.29, 0.717) is 6.42 Å². The maximum atomic E-state index is 12.1. The molecule has 0 saturated heterocycles. The highest BCUT2D eigenvalue weighted by Crippen LogP contribution is 2.18. The van der Waals surface area contributed by atoms with Crippen molar-refractivity contribution in [1.29, 1.82) is 0 Å². The van der Waals surface area contributed by atoms with Crippen LogP contribution in [0, 0.1) is 17.8 Å². The standard InChI is InChI=1S/C14H27NO3/c1-6-7-11(10(4)5)13(16)15-12(14(17)18)8-9(2)3/h9-12H,6-8H2,1-5H3,(H,15,16)(H,17,18)/t11?,12-/m1/s1. The first-order valence-electron chi connectivity index (χ1n) is 6.82. The predicted octanol–water partition coefficient (Wildman–Crippen LogP) is 2.67. The lowest BCUT2D eigenvalue weighted by Gasteiger charge is -2.23. The van der Waals surface area contributed by atoms with Gasteiger partial charge in [0.25, 0.3) is 0 Å². The number of carbonyl (C=O) groups excluding carboxylic acids is 1. The van der Waals surface area contributed by atoms with Crippen LogP contribution in [0.3, 0.4) is 0 Å². The van der Waals surface area contributed by atoms with E-state index >= 15 is 0 Å². The fourth-order valence-corrected chi connectivity index (χ4v) is 2.05. The van der Waals surface area contributed by atoms with Crippen LogP contribution < -0.4 is 5.32 Å². The molecule has 0 saturated carbocycles. The van der Waals surface area contributed by atoms with E-state index < -0.39 is 12.0 Å². The highest BCUT2D eigenvalue weighted by Gasteiger charge is 2.27. The second-order valence-electron chi connectivity index (χ2n) is 5.67. The Kier molecular flexibility index (Phi) is 7.64. The molecule has 1 amide bonds. The quantitative estimate of drug-likeness (QED) is 0.702. The molecule has 0 bridgehead atoms. The molecule has 1 unspecified atom stereocenters. The van der Waals surface area contributed by atoms with E-state index in [9.17, 15) is 9.59 Å². The van der Waals surface area contributed by atoms with Gasteiger partial charge in [-0.05, 0) is 24.7 Å². The van der Waals surface area contributed by atoms with E-state index in [4.69, 9.17) is 5.11 Å². The van der Waals surface area contributed by atoms with Gasteiger partial charge in [0.05, 0.1) is 0 Å². The Hall–Kier alpha value is -1.06. The molecular weight excluding hydrogens is 230 g/mol. The van der Waals surface area contributed by atoms with E-state index in [1.807, 2.05) is 34.6 Å². The average Bonchev–Trinajstić information content (AvgIpc) is 2.23. The van der Waals surface area contributed by atoms with Gasteiger partial charge in [0.2, 0.25) is 5.91 Å². The van der Waals surface area contributed by atoms with Crippen LogP contribution in [-0.4, -0.2) is 23.0 Å². The lowest BCUT2D eigenvalue weighted by atomic mass is 9.90. The lowest BCUT2D eigenvalue weighted by Crippen LogP contribution is -2.45. The molecule has 0 aliphatic rings. The summed E-state index contributed by atoms with van der Waals surface area (Å²) in [4.78, 5) is 23.2. The van der Waals surface area contributed by atoms with Gasteiger partial charge in [-0.15, -0.1) is 0 Å². The van der Waals surface area contributed by atoms with Crippen molar-refractivity contribution in [3.05, 3.63) is 0 Å². The number of carbonyl (C=O) groups is 2. The second kappa shape index (κ2) is 8.11. The summed E-state index contributed by atoms with van der Waals surface area (Å²) in [6.07, 6.45) is 2.20. The van der Waals surface area contributed by atoms with E-state index in [1.54, 1.807) is 0 Å². The topological polar surface area (TPSA) is 66.4 Å². The van der Waals surface area contributed by atoms with Crippen LogP contribution in [0.1, 0.15) is 53.9 Å². The van der Waals surface area contributed by atoms with Gasteiger partial charge in [0, 0.05) is 5.92 Å². The van der Waals surface area contributed by atoms with E-state index in [1.165, 1.54) is 0 Å². The van der Waals surface area contributed by atoms with Crippen molar-refractivity contribution in [2.24, 2.45) is 17.8 Å². The monoisotopic (exact) mass is 257 g/mol. The number of hydrogen-bond donors (Lipinski definition) is 2. The van der Waals surface area contributed by atoms with Crippen LogP contribution in [0.4, 0.5) is 0 Å². The van der Waals surface area contributed by atoms with Gasteiger partial charge in [-0.3, -0.25) is 4.79 Å².